The van der Waals surface area contributed by atoms with E-state index in [0.717, 1.165) is 5.56 Å². The lowest BCUT2D eigenvalue weighted by atomic mass is 10.2. The number of nitrogens with zero attached hydrogens (tertiary/aromatic N) is 1. The molecule has 3 aromatic rings. The van der Waals surface area contributed by atoms with Crippen LogP contribution in [0.5, 0.6) is 0 Å². The van der Waals surface area contributed by atoms with Crippen LogP contribution in [-0.2, 0) is 10.0 Å². The normalized spacial score (nSPS) is 11.6. The smallest absolute Gasteiger partial charge is 0.265 e. The molecule has 0 aliphatic heterocycles. The fourth-order valence-corrected chi connectivity index (χ4v) is 3.41. The molecule has 2 N–H and O–H groups in total. The second-order valence-electron chi connectivity index (χ2n) is 5.09. The molecular formula is C15H14FN3O3S. The molecule has 0 amide bonds. The van der Waals surface area contributed by atoms with Crippen LogP contribution in [0.25, 0.3) is 11.5 Å². The van der Waals surface area contributed by atoms with E-state index in [1.807, 2.05) is 0 Å². The van der Waals surface area contributed by atoms with Gasteiger partial charge in [0.1, 0.15) is 22.2 Å². The van der Waals surface area contributed by atoms with Gasteiger partial charge >= 0.3 is 0 Å². The van der Waals surface area contributed by atoms with Crippen LogP contribution < -0.4 is 4.72 Å². The molecule has 2 heterocycles. The number of aromatic amines is 1. The first kappa shape index (κ1) is 15.3. The molecule has 8 heteroatoms. The third kappa shape index (κ3) is 2.98. The summed E-state index contributed by atoms with van der Waals surface area (Å²) in [6, 6.07) is 7.23. The van der Waals surface area contributed by atoms with Crippen LogP contribution in [0.3, 0.4) is 0 Å². The van der Waals surface area contributed by atoms with Crippen molar-refractivity contribution in [2.45, 2.75) is 18.7 Å². The van der Waals surface area contributed by atoms with Crippen LogP contribution >= 0.6 is 0 Å². The summed E-state index contributed by atoms with van der Waals surface area (Å²) in [6.45, 7) is 3.28. The number of aromatic nitrogens is 2. The Labute approximate surface area is 132 Å². The zero-order valence-corrected chi connectivity index (χ0v) is 13.2. The van der Waals surface area contributed by atoms with Crippen molar-refractivity contribution in [2.24, 2.45) is 0 Å². The van der Waals surface area contributed by atoms with Gasteiger partial charge in [0.05, 0.1) is 5.69 Å². The molecule has 0 unspecified atom stereocenters. The maximum absolute atomic E-state index is 13.8. The topological polar surface area (TPSA) is 88.0 Å². The lowest BCUT2D eigenvalue weighted by Gasteiger charge is -2.08. The van der Waals surface area contributed by atoms with Gasteiger partial charge in [-0.1, -0.05) is 6.07 Å². The summed E-state index contributed by atoms with van der Waals surface area (Å²) in [5.41, 5.74) is 1.19. The van der Waals surface area contributed by atoms with Gasteiger partial charge in [0.25, 0.3) is 10.0 Å². The maximum Gasteiger partial charge on any atom is 0.265 e. The van der Waals surface area contributed by atoms with Gasteiger partial charge in [-0.3, -0.25) is 9.82 Å². The average molecular weight is 335 g/mol. The summed E-state index contributed by atoms with van der Waals surface area (Å²) in [5, 5.41) is 6.48. The van der Waals surface area contributed by atoms with Crippen molar-refractivity contribution in [1.82, 2.24) is 10.2 Å². The van der Waals surface area contributed by atoms with Gasteiger partial charge in [-0.15, -0.1) is 0 Å². The van der Waals surface area contributed by atoms with Crippen LogP contribution in [0.2, 0.25) is 0 Å². The van der Waals surface area contributed by atoms with E-state index in [-0.39, 0.29) is 16.3 Å². The molecule has 2 aromatic heterocycles. The molecule has 0 aliphatic rings. The summed E-state index contributed by atoms with van der Waals surface area (Å²) < 4.78 is 46.5. The minimum Gasteiger partial charge on any atom is -0.458 e. The van der Waals surface area contributed by atoms with Gasteiger partial charge in [-0.25, -0.2) is 12.8 Å². The van der Waals surface area contributed by atoms with Crippen molar-refractivity contribution in [3.8, 4) is 11.5 Å². The highest BCUT2D eigenvalue weighted by atomic mass is 32.2. The minimum absolute atomic E-state index is 0.0528. The molecule has 23 heavy (non-hydrogen) atoms. The number of hydrogen-bond acceptors (Lipinski definition) is 4. The molecule has 0 aliphatic carbocycles. The van der Waals surface area contributed by atoms with Crippen molar-refractivity contribution in [3.63, 3.8) is 0 Å². The summed E-state index contributed by atoms with van der Waals surface area (Å²) in [7, 11) is -3.97. The van der Waals surface area contributed by atoms with Crippen LogP contribution in [0, 0.1) is 19.7 Å². The van der Waals surface area contributed by atoms with E-state index in [4.69, 9.17) is 4.42 Å². The summed E-state index contributed by atoms with van der Waals surface area (Å²) >= 11 is 0. The molecule has 120 valence electrons. The number of hydrogen-bond donors (Lipinski definition) is 2. The molecular weight excluding hydrogens is 321 g/mol. The lowest BCUT2D eigenvalue weighted by Crippen LogP contribution is -2.14. The summed E-state index contributed by atoms with van der Waals surface area (Å²) in [4.78, 5) is -0.0528. The molecule has 0 atom stereocenters. The van der Waals surface area contributed by atoms with Gasteiger partial charge in [0, 0.05) is 12.3 Å². The average Bonchev–Trinajstić information content (AvgIpc) is 3.11. The van der Waals surface area contributed by atoms with E-state index >= 15 is 0 Å². The first-order valence-corrected chi connectivity index (χ1v) is 8.24. The number of halogens is 1. The summed E-state index contributed by atoms with van der Waals surface area (Å²) in [5.74, 6) is -0.102. The molecule has 0 radical (unpaired) electrons. The van der Waals surface area contributed by atoms with Crippen molar-refractivity contribution in [1.29, 1.82) is 0 Å². The predicted molar refractivity (Wildman–Crippen MR) is 83.0 cm³/mol. The Morgan fingerprint density at radius 3 is 2.70 bits per heavy atom. The van der Waals surface area contributed by atoms with Crippen LogP contribution in [0.1, 0.15) is 11.3 Å². The Morgan fingerprint density at radius 1 is 1.22 bits per heavy atom. The number of aryl methyl sites for hydroxylation is 2. The third-order valence-electron chi connectivity index (χ3n) is 3.29. The van der Waals surface area contributed by atoms with Gasteiger partial charge < -0.3 is 4.42 Å². The lowest BCUT2D eigenvalue weighted by molar-refractivity contribution is 0.533. The van der Waals surface area contributed by atoms with Gasteiger partial charge in [0.2, 0.25) is 0 Å². The highest BCUT2D eigenvalue weighted by Crippen LogP contribution is 2.28. The van der Waals surface area contributed by atoms with E-state index in [9.17, 15) is 12.8 Å². The maximum atomic E-state index is 13.8. The Kier molecular flexibility index (Phi) is 3.69. The highest BCUT2D eigenvalue weighted by Gasteiger charge is 2.23. The van der Waals surface area contributed by atoms with Gasteiger partial charge in [0.15, 0.2) is 5.76 Å². The van der Waals surface area contributed by atoms with E-state index in [1.165, 1.54) is 31.3 Å². The first-order chi connectivity index (χ1) is 10.9. The highest BCUT2D eigenvalue weighted by molar-refractivity contribution is 7.92. The van der Waals surface area contributed by atoms with Gasteiger partial charge in [-0.2, -0.15) is 5.10 Å². The molecule has 0 saturated carbocycles. The van der Waals surface area contributed by atoms with Crippen LogP contribution in [0.15, 0.2) is 45.8 Å². The number of rotatable bonds is 4. The Balaban J connectivity index is 1.98. The number of furan rings is 1. The molecule has 0 spiro atoms. The molecule has 0 fully saturated rings. The third-order valence-corrected chi connectivity index (χ3v) is 4.77. The van der Waals surface area contributed by atoms with E-state index < -0.39 is 15.8 Å². The Hall–Kier alpha value is -2.61. The number of anilines is 1. The number of benzene rings is 1. The summed E-state index contributed by atoms with van der Waals surface area (Å²) in [6.07, 6.45) is 1.53. The van der Waals surface area contributed by atoms with E-state index in [0.29, 0.717) is 11.5 Å². The molecule has 0 bridgehead atoms. The molecule has 0 saturated heterocycles. The van der Waals surface area contributed by atoms with Crippen molar-refractivity contribution < 1.29 is 17.2 Å². The van der Waals surface area contributed by atoms with E-state index in [2.05, 4.69) is 14.9 Å². The van der Waals surface area contributed by atoms with E-state index in [1.54, 1.807) is 19.1 Å². The minimum atomic E-state index is -3.97. The van der Waals surface area contributed by atoms with Crippen molar-refractivity contribution in [3.05, 3.63) is 53.7 Å². The van der Waals surface area contributed by atoms with Crippen LogP contribution in [-0.4, -0.2) is 18.6 Å². The monoisotopic (exact) mass is 335 g/mol. The second-order valence-corrected chi connectivity index (χ2v) is 6.74. The first-order valence-electron chi connectivity index (χ1n) is 6.76. The predicted octanol–water partition coefficient (Wildman–Crippen LogP) is 3.23. The fourth-order valence-electron chi connectivity index (χ4n) is 2.18. The zero-order valence-electron chi connectivity index (χ0n) is 12.4. The number of nitrogens with one attached hydrogen (secondary N) is 2. The van der Waals surface area contributed by atoms with Crippen LogP contribution in [0.4, 0.5) is 10.1 Å². The largest absolute Gasteiger partial charge is 0.458 e. The van der Waals surface area contributed by atoms with Crippen molar-refractivity contribution in [2.75, 3.05) is 4.72 Å². The zero-order chi connectivity index (χ0) is 16.6. The molecule has 3 rings (SSSR count). The number of sulfonamides is 1. The molecule has 1 aromatic carbocycles. The Morgan fingerprint density at radius 2 is 2.00 bits per heavy atom. The standard InChI is InChI=1S/C15H14FN3O3S/c1-9-3-4-11(16)13(7-9)19-23(20,21)15-8-14(22-10(15)2)12-5-6-17-18-12/h3-8,19H,1-2H3,(H,17,18). The quantitative estimate of drug-likeness (QED) is 0.766. The fraction of sp³-hybridized carbons (Fsp3) is 0.133. The SMILES string of the molecule is Cc1ccc(F)c(NS(=O)(=O)c2cc(-c3ccn[nH]3)oc2C)c1. The molecule has 6 nitrogen and oxygen atoms in total. The second kappa shape index (κ2) is 5.54. The number of H-pyrrole nitrogens is 1. The Bertz CT molecular complexity index is 947. The van der Waals surface area contributed by atoms with Crippen molar-refractivity contribution >= 4 is 15.7 Å². The van der Waals surface area contributed by atoms with Gasteiger partial charge in [-0.05, 0) is 37.6 Å².